The molecule has 1 N–H and O–H groups in total. The summed E-state index contributed by atoms with van der Waals surface area (Å²) in [6.07, 6.45) is 48.2. The van der Waals surface area contributed by atoms with Crippen LogP contribution in [0, 0.1) is 0 Å². The van der Waals surface area contributed by atoms with Gasteiger partial charge in [0.05, 0.1) is 26.2 Å². The normalized spacial score (nSPS) is 12.4. The number of likely N-dealkylation sites (N-methyl/N-ethyl adjacent to an activating group) is 1. The van der Waals surface area contributed by atoms with Crippen LogP contribution in [-0.2, 0) is 0 Å². The van der Waals surface area contributed by atoms with E-state index in [9.17, 15) is 5.11 Å². The maximum atomic E-state index is 9.78. The van der Waals surface area contributed by atoms with Gasteiger partial charge in [0.25, 0.3) is 0 Å². The number of quaternary nitrogens is 1. The van der Waals surface area contributed by atoms with E-state index in [2.05, 4.69) is 45.1 Å². The quantitative estimate of drug-likeness (QED) is 0.0442. The largest absolute Gasteiger partial charge is 0.391 e. The number of allylic oxidation sites excluding steroid dienone is 4. The first kappa shape index (κ1) is 41.4. The molecule has 0 aromatic carbocycles. The van der Waals surface area contributed by atoms with Crippen LogP contribution in [0.4, 0.5) is 0 Å². The summed E-state index contributed by atoms with van der Waals surface area (Å²) in [5.41, 5.74) is 0. The third kappa shape index (κ3) is 29.5. The minimum atomic E-state index is 0.340. The molecule has 0 saturated carbocycles. The lowest BCUT2D eigenvalue weighted by Crippen LogP contribution is -2.51. The highest BCUT2D eigenvalue weighted by Crippen LogP contribution is 2.16. The maximum Gasteiger partial charge on any atom is 0.102 e. The highest BCUT2D eigenvalue weighted by atomic mass is 16.3. The summed E-state index contributed by atoms with van der Waals surface area (Å²) in [6.45, 7) is 11.9. The van der Waals surface area contributed by atoms with Gasteiger partial charge in [-0.15, -0.1) is 0 Å². The van der Waals surface area contributed by atoms with Crippen molar-refractivity contribution in [3.05, 3.63) is 24.3 Å². The van der Waals surface area contributed by atoms with Gasteiger partial charge in [0.2, 0.25) is 0 Å². The van der Waals surface area contributed by atoms with E-state index in [-0.39, 0.29) is 0 Å². The predicted molar refractivity (Wildman–Crippen MR) is 191 cm³/mol. The van der Waals surface area contributed by atoms with Gasteiger partial charge in [-0.1, -0.05) is 141 Å². The lowest BCUT2D eigenvalue weighted by Gasteiger charge is -2.37. The molecule has 0 amide bonds. The zero-order valence-corrected chi connectivity index (χ0v) is 29.5. The molecule has 0 rings (SSSR count). The van der Waals surface area contributed by atoms with Crippen molar-refractivity contribution in [3.8, 4) is 0 Å². The van der Waals surface area contributed by atoms with Gasteiger partial charge < -0.3 is 9.59 Å². The number of hydrogen-bond donors (Lipinski definition) is 1. The van der Waals surface area contributed by atoms with E-state index in [1.807, 2.05) is 0 Å². The Labute approximate surface area is 266 Å². The molecule has 0 atom stereocenters. The van der Waals surface area contributed by atoms with E-state index < -0.39 is 0 Å². The number of hydrogen-bond acceptors (Lipinski definition) is 1. The second-order valence-corrected chi connectivity index (χ2v) is 13.4. The second-order valence-electron chi connectivity index (χ2n) is 13.4. The Kier molecular flexibility index (Phi) is 34.4. The third-order valence-electron chi connectivity index (χ3n) is 9.53. The van der Waals surface area contributed by atoms with Crippen LogP contribution in [0.15, 0.2) is 24.3 Å². The topological polar surface area (TPSA) is 20.2 Å². The van der Waals surface area contributed by atoms with Gasteiger partial charge >= 0.3 is 0 Å². The van der Waals surface area contributed by atoms with Gasteiger partial charge in [-0.3, -0.25) is 0 Å². The fourth-order valence-corrected chi connectivity index (χ4v) is 6.41. The molecule has 0 saturated heterocycles. The van der Waals surface area contributed by atoms with Crippen LogP contribution in [0.3, 0.4) is 0 Å². The molecule has 250 valence electrons. The van der Waals surface area contributed by atoms with Crippen LogP contribution < -0.4 is 0 Å². The van der Waals surface area contributed by atoms with Crippen LogP contribution in [0.25, 0.3) is 0 Å². The Morgan fingerprint density at radius 1 is 0.357 bits per heavy atom. The molecule has 2 nitrogen and oxygen atoms in total. The summed E-state index contributed by atoms with van der Waals surface area (Å²) in [5.74, 6) is 0. The molecule has 0 aliphatic carbocycles. The Bertz CT molecular complexity index is 512. The first-order chi connectivity index (χ1) is 20.7. The molecule has 42 heavy (non-hydrogen) atoms. The van der Waals surface area contributed by atoms with Crippen LogP contribution in [0.2, 0.25) is 0 Å². The Balaban J connectivity index is 3.71. The molecule has 0 unspecified atom stereocenters. The zero-order valence-electron chi connectivity index (χ0n) is 29.5. The van der Waals surface area contributed by atoms with Gasteiger partial charge in [0.1, 0.15) is 6.54 Å². The summed E-state index contributed by atoms with van der Waals surface area (Å²) in [7, 11) is 0. The highest BCUT2D eigenvalue weighted by Gasteiger charge is 2.23. The zero-order chi connectivity index (χ0) is 30.7. The number of nitrogens with zero attached hydrogens (tertiary/aromatic N) is 1. The fraction of sp³-hybridized carbons (Fsp3) is 0.900. The average molecular weight is 591 g/mol. The van der Waals surface area contributed by atoms with Crippen molar-refractivity contribution >= 4 is 0 Å². The lowest BCUT2D eigenvalue weighted by molar-refractivity contribution is -0.927. The third-order valence-corrected chi connectivity index (χ3v) is 9.53. The number of rotatable bonds is 35. The monoisotopic (exact) mass is 591 g/mol. The van der Waals surface area contributed by atoms with E-state index in [4.69, 9.17) is 0 Å². The Morgan fingerprint density at radius 3 is 0.929 bits per heavy atom. The molecular formula is C40H80NO+. The van der Waals surface area contributed by atoms with E-state index in [0.717, 1.165) is 11.0 Å². The van der Waals surface area contributed by atoms with Crippen LogP contribution >= 0.6 is 0 Å². The van der Waals surface area contributed by atoms with Crippen molar-refractivity contribution < 1.29 is 9.59 Å². The van der Waals surface area contributed by atoms with E-state index in [1.165, 1.54) is 199 Å². The predicted octanol–water partition coefficient (Wildman–Crippen LogP) is 12.9. The first-order valence-electron chi connectivity index (χ1n) is 19.5. The summed E-state index contributed by atoms with van der Waals surface area (Å²) < 4.78 is 1.14. The van der Waals surface area contributed by atoms with E-state index >= 15 is 0 Å². The summed E-state index contributed by atoms with van der Waals surface area (Å²) in [4.78, 5) is 0. The number of aliphatic hydroxyl groups excluding tert-OH is 1. The van der Waals surface area contributed by atoms with E-state index in [0.29, 0.717) is 6.61 Å². The Hall–Kier alpha value is -0.600. The van der Waals surface area contributed by atoms with Crippen LogP contribution in [0.1, 0.15) is 201 Å². The van der Waals surface area contributed by atoms with Crippen LogP contribution in [0.5, 0.6) is 0 Å². The molecule has 0 aliphatic rings. The first-order valence-corrected chi connectivity index (χ1v) is 19.5. The second kappa shape index (κ2) is 34.9. The standard InChI is InChI=1S/C40H80NO/c1-4-7-9-11-13-15-17-19-21-23-25-27-29-31-33-35-37-41(6-3,39-40-42)38-36-34-32-30-28-26-24-22-20-18-16-14-12-10-8-5-2/h19-22,42H,4-18,23-40H2,1-3H3/q+1/b21-19-,22-20-. The van der Waals surface area contributed by atoms with Crippen molar-refractivity contribution in [2.24, 2.45) is 0 Å². The summed E-state index contributed by atoms with van der Waals surface area (Å²) >= 11 is 0. The smallest absolute Gasteiger partial charge is 0.102 e. The number of unbranched alkanes of at least 4 members (excludes halogenated alkanes) is 24. The van der Waals surface area contributed by atoms with Crippen molar-refractivity contribution in [1.82, 2.24) is 0 Å². The summed E-state index contributed by atoms with van der Waals surface area (Å²) in [5, 5.41) is 9.78. The summed E-state index contributed by atoms with van der Waals surface area (Å²) in [6, 6.07) is 0. The van der Waals surface area contributed by atoms with Crippen molar-refractivity contribution in [2.45, 2.75) is 201 Å². The molecule has 0 bridgehead atoms. The molecule has 0 radical (unpaired) electrons. The highest BCUT2D eigenvalue weighted by molar-refractivity contribution is 4.82. The molecule has 0 aliphatic heterocycles. The van der Waals surface area contributed by atoms with Gasteiger partial charge in [0.15, 0.2) is 0 Å². The van der Waals surface area contributed by atoms with Crippen molar-refractivity contribution in [2.75, 3.05) is 32.8 Å². The molecule has 0 heterocycles. The number of aliphatic hydroxyl groups is 1. The molecule has 0 aromatic heterocycles. The van der Waals surface area contributed by atoms with Gasteiger partial charge in [-0.2, -0.15) is 0 Å². The van der Waals surface area contributed by atoms with Crippen molar-refractivity contribution in [3.63, 3.8) is 0 Å². The molecule has 0 spiro atoms. The molecule has 2 heteroatoms. The average Bonchev–Trinajstić information content (AvgIpc) is 3.00. The van der Waals surface area contributed by atoms with Crippen LogP contribution in [-0.4, -0.2) is 42.4 Å². The Morgan fingerprint density at radius 2 is 0.643 bits per heavy atom. The maximum absolute atomic E-state index is 9.78. The van der Waals surface area contributed by atoms with Gasteiger partial charge in [-0.25, -0.2) is 0 Å². The molecular weight excluding hydrogens is 510 g/mol. The minimum Gasteiger partial charge on any atom is -0.391 e. The van der Waals surface area contributed by atoms with E-state index in [1.54, 1.807) is 0 Å². The SMILES string of the molecule is CCCCCCCC/C=C\CCCCCCCC[N+](CC)(CCO)CCCCCCCC/C=C\CCCCCCCC. The van der Waals surface area contributed by atoms with Gasteiger partial charge in [0, 0.05) is 0 Å². The fourth-order valence-electron chi connectivity index (χ4n) is 6.41. The van der Waals surface area contributed by atoms with Gasteiger partial charge in [-0.05, 0) is 84.0 Å². The van der Waals surface area contributed by atoms with Crippen molar-refractivity contribution in [1.29, 1.82) is 0 Å². The molecule has 0 aromatic rings. The minimum absolute atomic E-state index is 0.340. The molecule has 0 fully saturated rings. The lowest BCUT2D eigenvalue weighted by atomic mass is 10.1.